The quantitative estimate of drug-likeness (QED) is 0.734. The van der Waals surface area contributed by atoms with E-state index in [1.165, 1.54) is 12.1 Å². The SMILES string of the molecule is Fc1ccc(-c2nnn3c2COC2CN(Cc4ccoc4)CC23)cc1. The van der Waals surface area contributed by atoms with Crippen LogP contribution in [0, 0.1) is 5.82 Å². The molecule has 1 saturated heterocycles. The highest BCUT2D eigenvalue weighted by atomic mass is 19.1. The molecule has 2 aliphatic rings. The van der Waals surface area contributed by atoms with Crippen molar-refractivity contribution >= 4 is 0 Å². The molecular weight excluding hydrogens is 323 g/mol. The van der Waals surface area contributed by atoms with E-state index in [1.54, 1.807) is 24.7 Å². The van der Waals surface area contributed by atoms with E-state index in [4.69, 9.17) is 9.15 Å². The van der Waals surface area contributed by atoms with Crippen LogP contribution in [0.1, 0.15) is 17.3 Å². The lowest BCUT2D eigenvalue weighted by molar-refractivity contribution is -0.00494. The average molecular weight is 340 g/mol. The Morgan fingerprint density at radius 3 is 2.84 bits per heavy atom. The number of furan rings is 1. The van der Waals surface area contributed by atoms with Gasteiger partial charge in [-0.15, -0.1) is 5.10 Å². The highest BCUT2D eigenvalue weighted by Crippen LogP contribution is 2.34. The zero-order valence-electron chi connectivity index (χ0n) is 13.5. The molecule has 0 spiro atoms. The maximum Gasteiger partial charge on any atom is 0.123 e. The van der Waals surface area contributed by atoms with Crippen molar-refractivity contribution < 1.29 is 13.5 Å². The summed E-state index contributed by atoms with van der Waals surface area (Å²) in [5, 5.41) is 8.71. The van der Waals surface area contributed by atoms with Gasteiger partial charge in [0.2, 0.25) is 0 Å². The van der Waals surface area contributed by atoms with Gasteiger partial charge in [-0.2, -0.15) is 0 Å². The zero-order valence-corrected chi connectivity index (χ0v) is 13.5. The van der Waals surface area contributed by atoms with Crippen molar-refractivity contribution in [2.24, 2.45) is 0 Å². The number of aromatic nitrogens is 3. The van der Waals surface area contributed by atoms with Crippen molar-refractivity contribution in [3.8, 4) is 11.3 Å². The fraction of sp³-hybridized carbons (Fsp3) is 0.333. The summed E-state index contributed by atoms with van der Waals surface area (Å²) in [5.41, 5.74) is 3.74. The van der Waals surface area contributed by atoms with Gasteiger partial charge in [0.05, 0.1) is 37.0 Å². The van der Waals surface area contributed by atoms with Crippen molar-refractivity contribution in [2.75, 3.05) is 13.1 Å². The number of ether oxygens (including phenoxy) is 1. The van der Waals surface area contributed by atoms with E-state index in [0.29, 0.717) is 6.61 Å². The Labute approximate surface area is 143 Å². The Hall–Kier alpha value is -2.51. The van der Waals surface area contributed by atoms with Gasteiger partial charge in [-0.05, 0) is 30.3 Å². The lowest BCUT2D eigenvalue weighted by Crippen LogP contribution is -2.32. The summed E-state index contributed by atoms with van der Waals surface area (Å²) in [6.07, 6.45) is 3.58. The summed E-state index contributed by atoms with van der Waals surface area (Å²) in [6, 6.07) is 8.47. The molecule has 128 valence electrons. The monoisotopic (exact) mass is 340 g/mol. The minimum Gasteiger partial charge on any atom is -0.472 e. The number of rotatable bonds is 3. The Bertz CT molecular complexity index is 875. The number of benzene rings is 1. The molecule has 2 aromatic heterocycles. The van der Waals surface area contributed by atoms with Crippen LogP contribution < -0.4 is 0 Å². The predicted molar refractivity (Wildman–Crippen MR) is 87.0 cm³/mol. The third kappa shape index (κ3) is 2.56. The Morgan fingerprint density at radius 2 is 2.04 bits per heavy atom. The van der Waals surface area contributed by atoms with Gasteiger partial charge in [-0.3, -0.25) is 4.90 Å². The van der Waals surface area contributed by atoms with Gasteiger partial charge in [0.15, 0.2) is 0 Å². The van der Waals surface area contributed by atoms with Gasteiger partial charge in [-0.25, -0.2) is 9.07 Å². The van der Waals surface area contributed by atoms with Crippen LogP contribution in [0.25, 0.3) is 11.3 Å². The van der Waals surface area contributed by atoms with Crippen LogP contribution in [-0.2, 0) is 17.9 Å². The topological polar surface area (TPSA) is 56.3 Å². The van der Waals surface area contributed by atoms with Crippen LogP contribution >= 0.6 is 0 Å². The van der Waals surface area contributed by atoms with Crippen molar-refractivity contribution in [1.82, 2.24) is 19.9 Å². The molecule has 2 atom stereocenters. The minimum absolute atomic E-state index is 0.113. The first-order valence-corrected chi connectivity index (χ1v) is 8.33. The molecule has 3 aromatic rings. The Kier molecular flexibility index (Phi) is 3.43. The third-order valence-electron chi connectivity index (χ3n) is 4.96. The third-order valence-corrected chi connectivity index (χ3v) is 4.96. The van der Waals surface area contributed by atoms with E-state index in [2.05, 4.69) is 15.2 Å². The maximum absolute atomic E-state index is 13.2. The van der Waals surface area contributed by atoms with Crippen molar-refractivity contribution in [1.29, 1.82) is 0 Å². The fourth-order valence-electron chi connectivity index (χ4n) is 3.73. The van der Waals surface area contributed by atoms with Crippen LogP contribution in [0.15, 0.2) is 47.3 Å². The fourth-order valence-corrected chi connectivity index (χ4v) is 3.73. The molecule has 2 unspecified atom stereocenters. The summed E-state index contributed by atoms with van der Waals surface area (Å²) in [6.45, 7) is 3.03. The number of likely N-dealkylation sites (tertiary alicyclic amines) is 1. The number of halogens is 1. The Balaban J connectivity index is 1.41. The van der Waals surface area contributed by atoms with Crippen molar-refractivity contribution in [3.05, 3.63) is 59.9 Å². The molecule has 0 bridgehead atoms. The van der Waals surface area contributed by atoms with Crippen LogP contribution in [0.2, 0.25) is 0 Å². The van der Waals surface area contributed by atoms with Crippen LogP contribution in [-0.4, -0.2) is 39.1 Å². The first kappa shape index (κ1) is 14.8. The molecule has 2 aliphatic heterocycles. The average Bonchev–Trinajstić information content (AvgIpc) is 3.33. The van der Waals surface area contributed by atoms with E-state index in [0.717, 1.165) is 42.1 Å². The van der Waals surface area contributed by atoms with Gasteiger partial charge in [0.1, 0.15) is 11.5 Å². The number of hydrogen-bond donors (Lipinski definition) is 0. The summed E-state index contributed by atoms with van der Waals surface area (Å²) in [4.78, 5) is 2.34. The highest BCUT2D eigenvalue weighted by molar-refractivity contribution is 5.61. The lowest BCUT2D eigenvalue weighted by Gasteiger charge is -2.26. The molecule has 0 radical (unpaired) electrons. The van der Waals surface area contributed by atoms with E-state index >= 15 is 0 Å². The molecular formula is C18H17FN4O2. The summed E-state index contributed by atoms with van der Waals surface area (Å²) in [5.74, 6) is -0.258. The smallest absolute Gasteiger partial charge is 0.123 e. The first-order chi connectivity index (χ1) is 12.3. The minimum atomic E-state index is -0.258. The Morgan fingerprint density at radius 1 is 1.16 bits per heavy atom. The van der Waals surface area contributed by atoms with Gasteiger partial charge in [-0.1, -0.05) is 5.21 Å². The van der Waals surface area contributed by atoms with Crippen LogP contribution in [0.3, 0.4) is 0 Å². The summed E-state index contributed by atoms with van der Waals surface area (Å²) >= 11 is 0. The lowest BCUT2D eigenvalue weighted by atomic mass is 10.1. The molecule has 0 N–H and O–H groups in total. The normalized spacial score (nSPS) is 22.8. The van der Waals surface area contributed by atoms with Gasteiger partial charge < -0.3 is 9.15 Å². The van der Waals surface area contributed by atoms with Crippen molar-refractivity contribution in [3.63, 3.8) is 0 Å². The molecule has 0 aliphatic carbocycles. The van der Waals surface area contributed by atoms with E-state index in [-0.39, 0.29) is 18.0 Å². The molecule has 1 fully saturated rings. The van der Waals surface area contributed by atoms with Crippen molar-refractivity contribution in [2.45, 2.75) is 25.3 Å². The van der Waals surface area contributed by atoms with Crippen LogP contribution in [0.5, 0.6) is 0 Å². The second-order valence-corrected chi connectivity index (χ2v) is 6.58. The highest BCUT2D eigenvalue weighted by Gasteiger charge is 2.40. The van der Waals surface area contributed by atoms with E-state index in [9.17, 15) is 4.39 Å². The second kappa shape index (κ2) is 5.79. The molecule has 0 amide bonds. The van der Waals surface area contributed by atoms with Gasteiger partial charge >= 0.3 is 0 Å². The van der Waals surface area contributed by atoms with Gasteiger partial charge in [0.25, 0.3) is 0 Å². The maximum atomic E-state index is 13.2. The standard InChI is InChI=1S/C18H17FN4O2/c19-14-3-1-13(2-4-14)18-16-11-25-17-9-22(7-12-5-6-24-10-12)8-15(17)23(16)21-20-18/h1-6,10,15,17H,7-9,11H2. The number of hydrogen-bond acceptors (Lipinski definition) is 5. The second-order valence-electron chi connectivity index (χ2n) is 6.58. The number of nitrogens with zero attached hydrogens (tertiary/aromatic N) is 4. The van der Waals surface area contributed by atoms with E-state index in [1.807, 2.05) is 10.7 Å². The summed E-state index contributed by atoms with van der Waals surface area (Å²) in [7, 11) is 0. The molecule has 5 rings (SSSR count). The zero-order chi connectivity index (χ0) is 16.8. The largest absolute Gasteiger partial charge is 0.472 e. The molecule has 25 heavy (non-hydrogen) atoms. The molecule has 6 nitrogen and oxygen atoms in total. The van der Waals surface area contributed by atoms with E-state index < -0.39 is 0 Å². The number of fused-ring (bicyclic) bond motifs is 3. The molecule has 7 heteroatoms. The summed E-state index contributed by atoms with van der Waals surface area (Å²) < 4.78 is 26.4. The molecule has 4 heterocycles. The molecule has 0 saturated carbocycles. The van der Waals surface area contributed by atoms with Gasteiger partial charge in [0, 0.05) is 30.8 Å². The predicted octanol–water partition coefficient (Wildman–Crippen LogP) is 2.63. The molecule has 1 aromatic carbocycles. The van der Waals surface area contributed by atoms with Crippen LogP contribution in [0.4, 0.5) is 4.39 Å². The first-order valence-electron chi connectivity index (χ1n) is 8.33.